The Labute approximate surface area is 122 Å². The number of nitro groups is 1. The van der Waals surface area contributed by atoms with E-state index in [9.17, 15) is 15.2 Å². The summed E-state index contributed by atoms with van der Waals surface area (Å²) in [7, 11) is 0. The van der Waals surface area contributed by atoms with Crippen LogP contribution in [0.2, 0.25) is 0 Å². The minimum absolute atomic E-state index is 0.0167. The molecule has 0 fully saturated rings. The number of aromatic nitrogens is 4. The highest BCUT2D eigenvalue weighted by Crippen LogP contribution is 2.31. The molecule has 9 heteroatoms. The van der Waals surface area contributed by atoms with Gasteiger partial charge in [0.1, 0.15) is 22.6 Å². The van der Waals surface area contributed by atoms with Crippen LogP contribution in [0.1, 0.15) is 5.56 Å². The van der Waals surface area contributed by atoms with Crippen LogP contribution in [0.3, 0.4) is 0 Å². The Kier molecular flexibility index (Phi) is 3.40. The summed E-state index contributed by atoms with van der Waals surface area (Å²) in [6, 6.07) is 3.94. The number of phenols is 1. The standard InChI is InChI=1S/C12H9N5O3S/c18-9-2-1-8(17(19)20)3-7(9)4-21-12-10-11(14-5-13-10)15-6-16-12/h1-3,5-6,18H,4H2,(H,13,14,15,16). The van der Waals surface area contributed by atoms with Crippen molar-refractivity contribution in [2.45, 2.75) is 10.8 Å². The molecule has 0 amide bonds. The molecule has 0 saturated carbocycles. The largest absolute Gasteiger partial charge is 0.508 e. The first-order chi connectivity index (χ1) is 10.1. The van der Waals surface area contributed by atoms with Crippen molar-refractivity contribution in [2.24, 2.45) is 0 Å². The summed E-state index contributed by atoms with van der Waals surface area (Å²) in [6.45, 7) is 0. The fourth-order valence-electron chi connectivity index (χ4n) is 1.80. The van der Waals surface area contributed by atoms with Gasteiger partial charge in [0.05, 0.1) is 11.3 Å². The van der Waals surface area contributed by atoms with Crippen LogP contribution in [0.5, 0.6) is 5.75 Å². The van der Waals surface area contributed by atoms with Gasteiger partial charge >= 0.3 is 0 Å². The van der Waals surface area contributed by atoms with Gasteiger partial charge in [-0.2, -0.15) is 0 Å². The van der Waals surface area contributed by atoms with Gasteiger partial charge in [0, 0.05) is 23.4 Å². The number of nitro benzene ring substituents is 1. The van der Waals surface area contributed by atoms with Gasteiger partial charge in [0.2, 0.25) is 0 Å². The predicted molar refractivity (Wildman–Crippen MR) is 76.0 cm³/mol. The number of aromatic hydroxyl groups is 1. The van der Waals surface area contributed by atoms with E-state index in [-0.39, 0.29) is 11.4 Å². The van der Waals surface area contributed by atoms with Crippen LogP contribution in [0.25, 0.3) is 11.2 Å². The molecule has 8 nitrogen and oxygen atoms in total. The Bertz CT molecular complexity index is 820. The third-order valence-electron chi connectivity index (χ3n) is 2.83. The van der Waals surface area contributed by atoms with Crippen molar-refractivity contribution in [3.63, 3.8) is 0 Å². The molecule has 106 valence electrons. The van der Waals surface area contributed by atoms with Crippen molar-refractivity contribution in [3.8, 4) is 5.75 Å². The van der Waals surface area contributed by atoms with Crippen molar-refractivity contribution in [1.29, 1.82) is 0 Å². The van der Waals surface area contributed by atoms with Crippen molar-refractivity contribution in [1.82, 2.24) is 19.9 Å². The molecule has 2 heterocycles. The number of phenolic OH excluding ortho intramolecular Hbond substituents is 1. The lowest BCUT2D eigenvalue weighted by Gasteiger charge is -2.04. The van der Waals surface area contributed by atoms with Gasteiger partial charge in [-0.05, 0) is 6.07 Å². The third-order valence-corrected chi connectivity index (χ3v) is 3.86. The van der Waals surface area contributed by atoms with Crippen LogP contribution < -0.4 is 0 Å². The maximum atomic E-state index is 10.8. The monoisotopic (exact) mass is 303 g/mol. The van der Waals surface area contributed by atoms with Crippen molar-refractivity contribution in [3.05, 3.63) is 46.5 Å². The molecule has 0 radical (unpaired) electrons. The number of nitrogens with zero attached hydrogens (tertiary/aromatic N) is 4. The molecule has 0 saturated heterocycles. The maximum Gasteiger partial charge on any atom is 0.270 e. The number of benzene rings is 1. The molecule has 0 bridgehead atoms. The van der Waals surface area contributed by atoms with Crippen LogP contribution >= 0.6 is 11.8 Å². The van der Waals surface area contributed by atoms with Crippen LogP contribution in [0, 0.1) is 10.1 Å². The fraction of sp³-hybridized carbons (Fsp3) is 0.0833. The molecule has 0 atom stereocenters. The van der Waals surface area contributed by atoms with E-state index in [2.05, 4.69) is 19.9 Å². The molecule has 3 rings (SSSR count). The normalized spacial score (nSPS) is 10.9. The second-order valence-electron chi connectivity index (χ2n) is 4.14. The Morgan fingerprint density at radius 1 is 1.33 bits per heavy atom. The van der Waals surface area contributed by atoms with Gasteiger partial charge in [0.25, 0.3) is 5.69 Å². The zero-order valence-corrected chi connectivity index (χ0v) is 11.4. The first kappa shape index (κ1) is 13.3. The second-order valence-corrected chi connectivity index (χ2v) is 5.10. The van der Waals surface area contributed by atoms with Crippen LogP contribution in [-0.4, -0.2) is 30.0 Å². The molecule has 21 heavy (non-hydrogen) atoms. The number of hydrogen-bond donors (Lipinski definition) is 2. The van der Waals surface area contributed by atoms with E-state index in [1.807, 2.05) is 0 Å². The fourth-order valence-corrected chi connectivity index (χ4v) is 2.74. The first-order valence-electron chi connectivity index (χ1n) is 5.88. The number of imidazole rings is 1. The SMILES string of the molecule is O=[N+]([O-])c1ccc(O)c(CSc2ncnc3nc[nH]c23)c1. The van der Waals surface area contributed by atoms with E-state index in [4.69, 9.17) is 0 Å². The van der Waals surface area contributed by atoms with Gasteiger partial charge < -0.3 is 10.1 Å². The van der Waals surface area contributed by atoms with Crippen molar-refractivity contribution in [2.75, 3.05) is 0 Å². The number of aromatic amines is 1. The quantitative estimate of drug-likeness (QED) is 0.328. The molecule has 2 N–H and O–H groups in total. The van der Waals surface area contributed by atoms with Gasteiger partial charge in [-0.1, -0.05) is 11.8 Å². The molecule has 0 unspecified atom stereocenters. The lowest BCUT2D eigenvalue weighted by Crippen LogP contribution is -1.91. The summed E-state index contributed by atoms with van der Waals surface area (Å²) in [4.78, 5) is 25.4. The highest BCUT2D eigenvalue weighted by molar-refractivity contribution is 7.98. The topological polar surface area (TPSA) is 118 Å². The average molecular weight is 303 g/mol. The number of non-ortho nitro benzene ring substituents is 1. The molecule has 0 aliphatic rings. The molecule has 2 aromatic heterocycles. The van der Waals surface area contributed by atoms with Crippen molar-refractivity contribution < 1.29 is 10.0 Å². The smallest absolute Gasteiger partial charge is 0.270 e. The van der Waals surface area contributed by atoms with E-state index in [1.165, 1.54) is 42.6 Å². The average Bonchev–Trinajstić information content (AvgIpc) is 2.95. The summed E-state index contributed by atoms with van der Waals surface area (Å²) in [5.74, 6) is 0.363. The number of rotatable bonds is 4. The summed E-state index contributed by atoms with van der Waals surface area (Å²) < 4.78 is 0. The van der Waals surface area contributed by atoms with Gasteiger partial charge in [-0.3, -0.25) is 10.1 Å². The number of hydrogen-bond acceptors (Lipinski definition) is 7. The molecule has 0 aliphatic heterocycles. The Hall–Kier alpha value is -2.68. The van der Waals surface area contributed by atoms with E-state index in [0.29, 0.717) is 27.5 Å². The van der Waals surface area contributed by atoms with Crippen LogP contribution in [0.15, 0.2) is 35.9 Å². The lowest BCUT2D eigenvalue weighted by molar-refractivity contribution is -0.384. The van der Waals surface area contributed by atoms with Gasteiger partial charge in [0.15, 0.2) is 5.65 Å². The molecule has 3 aromatic rings. The van der Waals surface area contributed by atoms with Gasteiger partial charge in [-0.25, -0.2) is 15.0 Å². The molecular formula is C12H9N5O3S. The molecule has 0 aliphatic carbocycles. The predicted octanol–water partition coefficient (Wildman–Crippen LogP) is 2.26. The highest BCUT2D eigenvalue weighted by Gasteiger charge is 2.12. The summed E-state index contributed by atoms with van der Waals surface area (Å²) in [6.07, 6.45) is 2.92. The molecule has 1 aromatic carbocycles. The Morgan fingerprint density at radius 2 is 2.19 bits per heavy atom. The van der Waals surface area contributed by atoms with Crippen molar-refractivity contribution >= 4 is 28.6 Å². The maximum absolute atomic E-state index is 10.8. The minimum Gasteiger partial charge on any atom is -0.508 e. The third kappa shape index (κ3) is 2.63. The van der Waals surface area contributed by atoms with Gasteiger partial charge in [-0.15, -0.1) is 0 Å². The Morgan fingerprint density at radius 3 is 3.00 bits per heavy atom. The summed E-state index contributed by atoms with van der Waals surface area (Å²) >= 11 is 1.34. The number of nitrogens with one attached hydrogen (secondary N) is 1. The van der Waals surface area contributed by atoms with E-state index >= 15 is 0 Å². The number of fused-ring (bicyclic) bond motifs is 1. The Balaban J connectivity index is 1.86. The van der Waals surface area contributed by atoms with Crippen LogP contribution in [-0.2, 0) is 5.75 Å². The minimum atomic E-state index is -0.495. The van der Waals surface area contributed by atoms with E-state index < -0.39 is 4.92 Å². The first-order valence-corrected chi connectivity index (χ1v) is 6.87. The summed E-state index contributed by atoms with van der Waals surface area (Å²) in [5, 5.41) is 21.2. The summed E-state index contributed by atoms with van der Waals surface area (Å²) in [5.41, 5.74) is 1.67. The zero-order valence-electron chi connectivity index (χ0n) is 10.6. The number of thioether (sulfide) groups is 1. The van der Waals surface area contributed by atoms with E-state index in [0.717, 1.165) is 0 Å². The second kappa shape index (κ2) is 5.37. The highest BCUT2D eigenvalue weighted by atomic mass is 32.2. The zero-order chi connectivity index (χ0) is 14.8. The lowest BCUT2D eigenvalue weighted by atomic mass is 10.2. The molecular weight excluding hydrogens is 294 g/mol. The molecule has 0 spiro atoms. The number of H-pyrrole nitrogens is 1. The van der Waals surface area contributed by atoms with Crippen LogP contribution in [0.4, 0.5) is 5.69 Å². The van der Waals surface area contributed by atoms with E-state index in [1.54, 1.807) is 0 Å².